The smallest absolute Gasteiger partial charge is 0.274 e. The number of aromatic nitrogens is 2. The molecule has 0 bridgehead atoms. The quantitative estimate of drug-likeness (QED) is 0.767. The van der Waals surface area contributed by atoms with Crippen molar-refractivity contribution in [2.24, 2.45) is 5.41 Å². The molecule has 0 unspecified atom stereocenters. The van der Waals surface area contributed by atoms with E-state index >= 15 is 0 Å². The fourth-order valence-corrected chi connectivity index (χ4v) is 4.19. The third kappa shape index (κ3) is 4.11. The first-order valence-corrected chi connectivity index (χ1v) is 10.7. The predicted octanol–water partition coefficient (Wildman–Crippen LogP) is 3.94. The second-order valence-electron chi connectivity index (χ2n) is 9.00. The molecule has 5 heteroatoms. The van der Waals surface area contributed by atoms with Gasteiger partial charge in [0.1, 0.15) is 5.78 Å². The van der Waals surface area contributed by atoms with Gasteiger partial charge < -0.3 is 4.74 Å². The highest BCUT2D eigenvalue weighted by Gasteiger charge is 2.30. The van der Waals surface area contributed by atoms with Crippen LogP contribution < -0.4 is 5.56 Å². The molecule has 1 aromatic heterocycles. The lowest BCUT2D eigenvalue weighted by molar-refractivity contribution is -0.125. The summed E-state index contributed by atoms with van der Waals surface area (Å²) in [5.41, 5.74) is 5.72. The van der Waals surface area contributed by atoms with Crippen molar-refractivity contribution in [3.05, 3.63) is 44.9 Å². The van der Waals surface area contributed by atoms with Crippen molar-refractivity contribution in [3.8, 4) is 11.1 Å². The largest absolute Gasteiger partial charge is 0.378 e. The molecular weight excluding hydrogens is 364 g/mol. The van der Waals surface area contributed by atoms with Crippen LogP contribution in [0, 0.1) is 12.3 Å². The second-order valence-corrected chi connectivity index (χ2v) is 9.00. The molecule has 2 aromatic rings. The van der Waals surface area contributed by atoms with Crippen LogP contribution in [0.5, 0.6) is 0 Å². The summed E-state index contributed by atoms with van der Waals surface area (Å²) in [6.45, 7) is 14.4. The number of fused-ring (bicyclic) bond motifs is 1. The zero-order valence-electron chi connectivity index (χ0n) is 18.7. The maximum absolute atomic E-state index is 13.6. The normalized spacial score (nSPS) is 14.6. The Bertz CT molecular complexity index is 948. The first-order chi connectivity index (χ1) is 13.7. The van der Waals surface area contributed by atoms with Crippen LogP contribution in [0.15, 0.2) is 16.9 Å². The van der Waals surface area contributed by atoms with E-state index in [1.54, 1.807) is 4.68 Å². The lowest BCUT2D eigenvalue weighted by atomic mass is 9.85. The molecule has 3 rings (SSSR count). The lowest BCUT2D eigenvalue weighted by Gasteiger charge is -2.20. The van der Waals surface area contributed by atoms with Gasteiger partial charge in [0.25, 0.3) is 5.56 Å². The molecule has 5 nitrogen and oxygen atoms in total. The summed E-state index contributed by atoms with van der Waals surface area (Å²) in [4.78, 5) is 26.6. The molecule has 2 heterocycles. The Morgan fingerprint density at radius 3 is 2.07 bits per heavy atom. The van der Waals surface area contributed by atoms with E-state index < -0.39 is 5.41 Å². The SMILES string of the molecule is CCc1cc(C)cc(CC)c1-c1c(CC(=O)C(C)(C)C)n2n(c1=O)CCOCC2. The number of Topliss-reactive ketones (excluding diaryl/α,β-unsaturated/α-hetero) is 1. The van der Waals surface area contributed by atoms with Crippen LogP contribution in [0.2, 0.25) is 0 Å². The van der Waals surface area contributed by atoms with Crippen molar-refractivity contribution in [2.45, 2.75) is 73.9 Å². The summed E-state index contributed by atoms with van der Waals surface area (Å²) in [6.07, 6.45) is 1.97. The van der Waals surface area contributed by atoms with Gasteiger partial charge in [-0.2, -0.15) is 0 Å². The number of carbonyl (C=O) groups excluding carboxylic acids is 1. The minimum Gasteiger partial charge on any atom is -0.378 e. The third-order valence-corrected chi connectivity index (χ3v) is 5.86. The number of carbonyl (C=O) groups is 1. The highest BCUT2D eigenvalue weighted by molar-refractivity contribution is 5.88. The van der Waals surface area contributed by atoms with Gasteiger partial charge in [-0.3, -0.25) is 14.3 Å². The van der Waals surface area contributed by atoms with E-state index in [2.05, 4.69) is 32.9 Å². The molecule has 0 amide bonds. The fraction of sp³-hybridized carbons (Fsp3) is 0.583. The molecule has 0 atom stereocenters. The number of hydrogen-bond donors (Lipinski definition) is 0. The van der Waals surface area contributed by atoms with Crippen LogP contribution >= 0.6 is 0 Å². The fourth-order valence-electron chi connectivity index (χ4n) is 4.19. The van der Waals surface area contributed by atoms with Gasteiger partial charge in [-0.25, -0.2) is 4.68 Å². The monoisotopic (exact) mass is 398 g/mol. The van der Waals surface area contributed by atoms with E-state index in [-0.39, 0.29) is 17.8 Å². The number of ether oxygens (including phenoxy) is 1. The number of ketones is 1. The summed E-state index contributed by atoms with van der Waals surface area (Å²) in [5.74, 6) is 0.146. The third-order valence-electron chi connectivity index (χ3n) is 5.86. The highest BCUT2D eigenvalue weighted by atomic mass is 16.5. The van der Waals surface area contributed by atoms with Gasteiger partial charge in [0.05, 0.1) is 37.6 Å². The molecule has 1 aliphatic heterocycles. The number of rotatable bonds is 5. The van der Waals surface area contributed by atoms with Crippen LogP contribution in [-0.4, -0.2) is 28.4 Å². The van der Waals surface area contributed by atoms with E-state index in [9.17, 15) is 9.59 Å². The molecular formula is C24H34N2O3. The molecule has 0 spiro atoms. The lowest BCUT2D eigenvalue weighted by Crippen LogP contribution is -2.26. The van der Waals surface area contributed by atoms with Crippen molar-refractivity contribution in [1.82, 2.24) is 9.36 Å². The van der Waals surface area contributed by atoms with Gasteiger partial charge in [-0.15, -0.1) is 0 Å². The maximum atomic E-state index is 13.6. The van der Waals surface area contributed by atoms with E-state index in [0.717, 1.165) is 29.7 Å². The summed E-state index contributed by atoms with van der Waals surface area (Å²) in [6, 6.07) is 4.36. The van der Waals surface area contributed by atoms with Gasteiger partial charge in [-0.1, -0.05) is 52.3 Å². The molecule has 1 aromatic carbocycles. The number of benzene rings is 1. The maximum Gasteiger partial charge on any atom is 0.274 e. The Morgan fingerprint density at radius 1 is 1.00 bits per heavy atom. The highest BCUT2D eigenvalue weighted by Crippen LogP contribution is 2.33. The molecule has 0 aliphatic carbocycles. The molecule has 158 valence electrons. The molecule has 29 heavy (non-hydrogen) atoms. The number of hydrogen-bond acceptors (Lipinski definition) is 3. The Hall–Kier alpha value is -2.14. The molecule has 0 radical (unpaired) electrons. The molecule has 0 N–H and O–H groups in total. The van der Waals surface area contributed by atoms with Gasteiger partial charge in [-0.05, 0) is 36.5 Å². The van der Waals surface area contributed by atoms with Crippen LogP contribution in [-0.2, 0) is 41.9 Å². The van der Waals surface area contributed by atoms with Crippen molar-refractivity contribution < 1.29 is 9.53 Å². The van der Waals surface area contributed by atoms with Crippen molar-refractivity contribution in [1.29, 1.82) is 0 Å². The Labute approximate surface area is 173 Å². The molecule has 1 aliphatic rings. The summed E-state index contributed by atoms with van der Waals surface area (Å²) < 4.78 is 9.39. The van der Waals surface area contributed by atoms with Crippen molar-refractivity contribution in [3.63, 3.8) is 0 Å². The summed E-state index contributed by atoms with van der Waals surface area (Å²) in [7, 11) is 0. The molecule has 0 saturated carbocycles. The number of nitrogens with zero attached hydrogens (tertiary/aromatic N) is 2. The summed E-state index contributed by atoms with van der Waals surface area (Å²) >= 11 is 0. The Kier molecular flexibility index (Phi) is 6.18. The minimum absolute atomic E-state index is 0.000428. The average molecular weight is 399 g/mol. The van der Waals surface area contributed by atoms with E-state index in [4.69, 9.17) is 4.74 Å². The van der Waals surface area contributed by atoms with Gasteiger partial charge in [0, 0.05) is 11.8 Å². The second kappa shape index (κ2) is 8.31. The zero-order chi connectivity index (χ0) is 21.3. The van der Waals surface area contributed by atoms with Crippen molar-refractivity contribution in [2.75, 3.05) is 13.2 Å². The first kappa shape index (κ1) is 21.6. The topological polar surface area (TPSA) is 53.2 Å². The van der Waals surface area contributed by atoms with Crippen LogP contribution in [0.3, 0.4) is 0 Å². The van der Waals surface area contributed by atoms with E-state index in [0.29, 0.717) is 26.3 Å². The van der Waals surface area contributed by atoms with Crippen LogP contribution in [0.25, 0.3) is 11.1 Å². The van der Waals surface area contributed by atoms with Gasteiger partial charge in [0.15, 0.2) is 0 Å². The first-order valence-electron chi connectivity index (χ1n) is 10.7. The van der Waals surface area contributed by atoms with Gasteiger partial charge in [0.2, 0.25) is 0 Å². The summed E-state index contributed by atoms with van der Waals surface area (Å²) in [5, 5.41) is 0. The molecule has 0 saturated heterocycles. The zero-order valence-corrected chi connectivity index (χ0v) is 18.7. The van der Waals surface area contributed by atoms with Crippen LogP contribution in [0.4, 0.5) is 0 Å². The number of aryl methyl sites for hydroxylation is 3. The average Bonchev–Trinajstić information content (AvgIpc) is 2.82. The van der Waals surface area contributed by atoms with E-state index in [1.165, 1.54) is 16.7 Å². The van der Waals surface area contributed by atoms with E-state index in [1.807, 2.05) is 25.5 Å². The van der Waals surface area contributed by atoms with Crippen LogP contribution in [0.1, 0.15) is 57.0 Å². The predicted molar refractivity (Wildman–Crippen MR) is 117 cm³/mol. The van der Waals surface area contributed by atoms with Gasteiger partial charge >= 0.3 is 0 Å². The Morgan fingerprint density at radius 2 is 1.55 bits per heavy atom. The minimum atomic E-state index is -0.453. The standard InChI is InChI=1S/C24H34N2O3/c1-7-17-13-16(3)14-18(8-2)21(17)22-19(15-20(27)24(4,5)6)25-9-11-29-12-10-26(25)23(22)28/h13-14H,7-12,15H2,1-6H3. The van der Waals surface area contributed by atoms with Crippen molar-refractivity contribution >= 4 is 5.78 Å². The molecule has 0 fully saturated rings. The Balaban J connectivity index is 2.33.